The molecule has 0 bridgehead atoms. The summed E-state index contributed by atoms with van der Waals surface area (Å²) in [5, 5.41) is 22.6. The number of nitro benzene ring substituents is 1. The molecule has 1 heterocycles. The van der Waals surface area contributed by atoms with Crippen molar-refractivity contribution in [2.45, 2.75) is 13.5 Å². The highest BCUT2D eigenvalue weighted by Crippen LogP contribution is 2.23. The number of hydrogen-bond donors (Lipinski definition) is 1. The van der Waals surface area contributed by atoms with Crippen LogP contribution in [0, 0.1) is 28.4 Å². The molecule has 0 radical (unpaired) electrons. The lowest BCUT2D eigenvalue weighted by Crippen LogP contribution is -2.00. The lowest BCUT2D eigenvalue weighted by atomic mass is 10.2. The zero-order valence-corrected chi connectivity index (χ0v) is 11.0. The minimum Gasteiger partial charge on any atom is -0.380 e. The van der Waals surface area contributed by atoms with E-state index in [1.807, 2.05) is 13.0 Å². The summed E-state index contributed by atoms with van der Waals surface area (Å²) < 4.78 is 0. The topological polar surface area (TPSA) is 79.0 Å². The van der Waals surface area contributed by atoms with Gasteiger partial charge in [-0.2, -0.15) is 5.26 Å². The van der Waals surface area contributed by atoms with Crippen molar-refractivity contribution in [1.29, 1.82) is 5.26 Å². The average molecular weight is 273 g/mol. The van der Waals surface area contributed by atoms with Crippen molar-refractivity contribution in [3.8, 4) is 6.07 Å². The van der Waals surface area contributed by atoms with E-state index >= 15 is 0 Å². The van der Waals surface area contributed by atoms with Crippen LogP contribution in [0.4, 0.5) is 11.4 Å². The molecule has 1 N–H and O–H groups in total. The monoisotopic (exact) mass is 273 g/mol. The summed E-state index contributed by atoms with van der Waals surface area (Å²) in [5.74, 6) is 0. The minimum absolute atomic E-state index is 0.0888. The van der Waals surface area contributed by atoms with E-state index in [9.17, 15) is 10.1 Å². The van der Waals surface area contributed by atoms with Gasteiger partial charge in [0, 0.05) is 29.2 Å². The third-order valence-corrected chi connectivity index (χ3v) is 3.64. The summed E-state index contributed by atoms with van der Waals surface area (Å²) >= 11 is 1.43. The van der Waals surface area contributed by atoms with Gasteiger partial charge in [-0.1, -0.05) is 0 Å². The molecule has 0 saturated carbocycles. The molecule has 0 aliphatic carbocycles. The van der Waals surface area contributed by atoms with E-state index in [0.29, 0.717) is 11.4 Å². The Bertz CT molecular complexity index is 658. The van der Waals surface area contributed by atoms with Gasteiger partial charge in [0.05, 0.1) is 4.92 Å². The Morgan fingerprint density at radius 3 is 2.79 bits per heavy atom. The number of nitro groups is 1. The molecule has 1 aromatic heterocycles. The van der Waals surface area contributed by atoms with Crippen molar-refractivity contribution in [1.82, 2.24) is 0 Å². The molecule has 0 saturated heterocycles. The molecular formula is C13H11N3O2S. The van der Waals surface area contributed by atoms with E-state index in [-0.39, 0.29) is 5.69 Å². The summed E-state index contributed by atoms with van der Waals surface area (Å²) in [5.41, 5.74) is 1.77. The van der Waals surface area contributed by atoms with Crippen molar-refractivity contribution in [3.05, 3.63) is 55.8 Å². The molecule has 0 aliphatic heterocycles. The second kappa shape index (κ2) is 5.50. The number of rotatable bonds is 4. The van der Waals surface area contributed by atoms with Gasteiger partial charge in [0.2, 0.25) is 0 Å². The molecule has 0 spiro atoms. The van der Waals surface area contributed by atoms with Gasteiger partial charge in [-0.05, 0) is 30.7 Å². The normalized spacial score (nSPS) is 9.89. The van der Waals surface area contributed by atoms with Crippen LogP contribution in [0.15, 0.2) is 30.3 Å². The van der Waals surface area contributed by atoms with Crippen LogP contribution in [0.1, 0.15) is 15.3 Å². The van der Waals surface area contributed by atoms with Gasteiger partial charge in [0.1, 0.15) is 10.9 Å². The first-order valence-electron chi connectivity index (χ1n) is 5.58. The van der Waals surface area contributed by atoms with Crippen LogP contribution in [-0.4, -0.2) is 4.92 Å². The van der Waals surface area contributed by atoms with Crippen LogP contribution in [-0.2, 0) is 6.54 Å². The molecule has 0 aliphatic rings. The first-order chi connectivity index (χ1) is 9.10. The van der Waals surface area contributed by atoms with E-state index in [1.54, 1.807) is 12.1 Å². The maximum Gasteiger partial charge on any atom is 0.269 e. The highest BCUT2D eigenvalue weighted by atomic mass is 32.1. The Morgan fingerprint density at radius 2 is 2.21 bits per heavy atom. The fourth-order valence-corrected chi connectivity index (χ4v) is 2.42. The Hall–Kier alpha value is -2.39. The zero-order valence-electron chi connectivity index (χ0n) is 10.2. The van der Waals surface area contributed by atoms with E-state index < -0.39 is 4.92 Å². The zero-order chi connectivity index (χ0) is 13.8. The molecule has 1 aromatic carbocycles. The third kappa shape index (κ3) is 3.09. The van der Waals surface area contributed by atoms with Crippen LogP contribution >= 0.6 is 11.3 Å². The van der Waals surface area contributed by atoms with Crippen molar-refractivity contribution in [2.24, 2.45) is 0 Å². The molecule has 2 aromatic rings. The van der Waals surface area contributed by atoms with Gasteiger partial charge in [-0.3, -0.25) is 10.1 Å². The first-order valence-corrected chi connectivity index (χ1v) is 6.39. The highest BCUT2D eigenvalue weighted by Gasteiger charge is 2.08. The molecule has 0 amide bonds. The molecule has 2 rings (SSSR count). The molecule has 0 unspecified atom stereocenters. The number of thiophene rings is 1. The number of nitrogens with zero attached hydrogens (tertiary/aromatic N) is 2. The quantitative estimate of drug-likeness (QED) is 0.683. The number of nitriles is 1. The maximum absolute atomic E-state index is 10.6. The van der Waals surface area contributed by atoms with Crippen LogP contribution in [0.2, 0.25) is 0 Å². The molecule has 0 atom stereocenters. The van der Waals surface area contributed by atoms with Gasteiger partial charge < -0.3 is 5.32 Å². The van der Waals surface area contributed by atoms with Crippen LogP contribution in [0.25, 0.3) is 0 Å². The minimum atomic E-state index is -0.407. The Balaban J connectivity index is 2.07. The predicted molar refractivity (Wildman–Crippen MR) is 74.2 cm³/mol. The average Bonchev–Trinajstić information content (AvgIpc) is 2.85. The summed E-state index contributed by atoms with van der Waals surface area (Å²) in [6.45, 7) is 2.43. The predicted octanol–water partition coefficient (Wildman–Crippen LogP) is 3.45. The fourth-order valence-electron chi connectivity index (χ4n) is 1.68. The summed E-state index contributed by atoms with van der Waals surface area (Å²) in [4.78, 5) is 12.0. The van der Waals surface area contributed by atoms with Crippen LogP contribution < -0.4 is 5.32 Å². The molecule has 96 valence electrons. The van der Waals surface area contributed by atoms with Crippen molar-refractivity contribution < 1.29 is 4.92 Å². The van der Waals surface area contributed by atoms with Gasteiger partial charge in [-0.15, -0.1) is 11.3 Å². The molecule has 19 heavy (non-hydrogen) atoms. The van der Waals surface area contributed by atoms with Gasteiger partial charge in [-0.25, -0.2) is 0 Å². The number of non-ortho nitro benzene ring substituents is 1. The van der Waals surface area contributed by atoms with E-state index in [4.69, 9.17) is 5.26 Å². The van der Waals surface area contributed by atoms with Gasteiger partial charge >= 0.3 is 0 Å². The van der Waals surface area contributed by atoms with Gasteiger partial charge in [0.25, 0.3) is 5.69 Å². The van der Waals surface area contributed by atoms with Crippen molar-refractivity contribution >= 4 is 22.7 Å². The lowest BCUT2D eigenvalue weighted by molar-refractivity contribution is -0.384. The van der Waals surface area contributed by atoms with Crippen molar-refractivity contribution in [3.63, 3.8) is 0 Å². The summed E-state index contributed by atoms with van der Waals surface area (Å²) in [7, 11) is 0. The molecule has 0 fully saturated rings. The number of aryl methyl sites for hydroxylation is 1. The largest absolute Gasteiger partial charge is 0.380 e. The van der Waals surface area contributed by atoms with Crippen LogP contribution in [0.5, 0.6) is 0 Å². The SMILES string of the molecule is Cc1cc([N+](=O)[O-])ccc1NCc1ccc(C#N)s1. The Labute approximate surface area is 114 Å². The summed E-state index contributed by atoms with van der Waals surface area (Å²) in [6.07, 6.45) is 0. The second-order valence-corrected chi connectivity index (χ2v) is 5.16. The number of hydrogen-bond acceptors (Lipinski definition) is 5. The summed E-state index contributed by atoms with van der Waals surface area (Å²) in [6, 6.07) is 10.5. The number of nitrogens with one attached hydrogen (secondary N) is 1. The smallest absolute Gasteiger partial charge is 0.269 e. The lowest BCUT2D eigenvalue weighted by Gasteiger charge is -2.07. The van der Waals surface area contributed by atoms with Crippen LogP contribution in [0.3, 0.4) is 0 Å². The molecule has 5 nitrogen and oxygen atoms in total. The third-order valence-electron chi connectivity index (χ3n) is 2.65. The van der Waals surface area contributed by atoms with Gasteiger partial charge in [0.15, 0.2) is 0 Å². The standard InChI is InChI=1S/C13H11N3O2S/c1-9-6-10(16(17)18)2-5-13(9)15-8-12-4-3-11(7-14)19-12/h2-6,15H,8H2,1H3. The second-order valence-electron chi connectivity index (χ2n) is 3.99. The van der Waals surface area contributed by atoms with Crippen molar-refractivity contribution in [2.75, 3.05) is 5.32 Å². The Morgan fingerprint density at radius 1 is 1.42 bits per heavy atom. The first kappa shape index (κ1) is 13.1. The Kier molecular flexibility index (Phi) is 3.78. The van der Waals surface area contributed by atoms with E-state index in [2.05, 4.69) is 11.4 Å². The highest BCUT2D eigenvalue weighted by molar-refractivity contribution is 7.12. The fraction of sp³-hybridized carbons (Fsp3) is 0.154. The molecular weight excluding hydrogens is 262 g/mol. The van der Waals surface area contributed by atoms with E-state index in [1.165, 1.54) is 23.5 Å². The number of anilines is 1. The molecule has 6 heteroatoms. The maximum atomic E-state index is 10.6. The van der Waals surface area contributed by atoms with E-state index in [0.717, 1.165) is 16.1 Å². The number of benzene rings is 1.